The largest absolute Gasteiger partial charge is 0.322 e. The van der Waals surface area contributed by atoms with E-state index in [2.05, 4.69) is 9.71 Å². The summed E-state index contributed by atoms with van der Waals surface area (Å²) < 4.78 is 27.3. The molecule has 1 aromatic carbocycles. The van der Waals surface area contributed by atoms with Crippen molar-refractivity contribution in [1.82, 2.24) is 9.71 Å². The van der Waals surface area contributed by atoms with E-state index in [0.717, 1.165) is 26.9 Å². The van der Waals surface area contributed by atoms with Gasteiger partial charge >= 0.3 is 0 Å². The van der Waals surface area contributed by atoms with E-state index in [1.165, 1.54) is 11.3 Å². The van der Waals surface area contributed by atoms with Crippen LogP contribution in [0.1, 0.15) is 21.6 Å². The Morgan fingerprint density at radius 1 is 1.12 bits per heavy atom. The number of rotatable bonds is 4. The Balaban J connectivity index is 1.93. The Morgan fingerprint density at radius 3 is 2.54 bits per heavy atom. The summed E-state index contributed by atoms with van der Waals surface area (Å²) in [5.41, 5.74) is 2.98. The Hall–Kier alpha value is -1.96. The third kappa shape index (κ3) is 3.28. The van der Waals surface area contributed by atoms with E-state index < -0.39 is 10.0 Å². The average Bonchev–Trinajstić information content (AvgIpc) is 2.92. The van der Waals surface area contributed by atoms with Gasteiger partial charge in [-0.1, -0.05) is 6.07 Å². The first kappa shape index (κ1) is 16.9. The molecule has 0 aliphatic carbocycles. The van der Waals surface area contributed by atoms with E-state index in [4.69, 9.17) is 0 Å². The Bertz CT molecular complexity index is 1080. The zero-order valence-electron chi connectivity index (χ0n) is 13.6. The maximum absolute atomic E-state index is 12.3. The van der Waals surface area contributed by atoms with Gasteiger partial charge in [0, 0.05) is 27.9 Å². The molecule has 0 fully saturated rings. The van der Waals surface area contributed by atoms with Crippen molar-refractivity contribution < 1.29 is 8.42 Å². The standard InChI is InChI=1S/C17H18N2O3S2/c1-10-6-11(2)14-8-13(17(20)19-15(14)7-10)9-18-24(21,22)16-5-4-12(3)23-16/h4-8,18H,9H2,1-3H3,(H,19,20). The number of hydrogen-bond acceptors (Lipinski definition) is 4. The molecule has 0 saturated carbocycles. The number of thiophene rings is 1. The molecular formula is C17H18N2O3S2. The highest BCUT2D eigenvalue weighted by Gasteiger charge is 2.17. The van der Waals surface area contributed by atoms with Crippen LogP contribution in [-0.4, -0.2) is 13.4 Å². The molecule has 3 aromatic rings. The van der Waals surface area contributed by atoms with E-state index in [1.54, 1.807) is 18.2 Å². The highest BCUT2D eigenvalue weighted by atomic mass is 32.2. The molecular weight excluding hydrogens is 344 g/mol. The molecule has 0 unspecified atom stereocenters. The molecule has 2 heterocycles. The van der Waals surface area contributed by atoms with Crippen LogP contribution in [0.5, 0.6) is 0 Å². The second kappa shape index (κ2) is 6.16. The van der Waals surface area contributed by atoms with Crippen molar-refractivity contribution in [1.29, 1.82) is 0 Å². The number of hydrogen-bond donors (Lipinski definition) is 2. The molecule has 2 N–H and O–H groups in total. The summed E-state index contributed by atoms with van der Waals surface area (Å²) in [4.78, 5) is 16.0. The molecule has 0 radical (unpaired) electrons. The lowest BCUT2D eigenvalue weighted by atomic mass is 10.0. The fraction of sp³-hybridized carbons (Fsp3) is 0.235. The molecule has 24 heavy (non-hydrogen) atoms. The van der Waals surface area contributed by atoms with Crippen LogP contribution in [0.4, 0.5) is 0 Å². The number of benzene rings is 1. The number of aryl methyl sites for hydroxylation is 3. The quantitative estimate of drug-likeness (QED) is 0.749. The van der Waals surface area contributed by atoms with Gasteiger partial charge < -0.3 is 4.98 Å². The van der Waals surface area contributed by atoms with Gasteiger partial charge in [0.1, 0.15) is 4.21 Å². The molecule has 2 aromatic heterocycles. The molecule has 0 spiro atoms. The first-order valence-corrected chi connectivity index (χ1v) is 9.75. The molecule has 126 valence electrons. The van der Waals surface area contributed by atoms with Crippen LogP contribution in [-0.2, 0) is 16.6 Å². The van der Waals surface area contributed by atoms with Crippen LogP contribution in [0, 0.1) is 20.8 Å². The van der Waals surface area contributed by atoms with Gasteiger partial charge in [-0.2, -0.15) is 0 Å². The predicted molar refractivity (Wildman–Crippen MR) is 97.1 cm³/mol. The van der Waals surface area contributed by atoms with Crippen LogP contribution in [0.2, 0.25) is 0 Å². The van der Waals surface area contributed by atoms with E-state index in [9.17, 15) is 13.2 Å². The lowest BCUT2D eigenvalue weighted by Crippen LogP contribution is -2.26. The van der Waals surface area contributed by atoms with Crippen molar-refractivity contribution in [3.05, 3.63) is 62.3 Å². The Labute approximate surface area is 144 Å². The molecule has 5 nitrogen and oxygen atoms in total. The zero-order chi connectivity index (χ0) is 17.5. The second-order valence-electron chi connectivity index (χ2n) is 5.86. The minimum absolute atomic E-state index is 0.0438. The summed E-state index contributed by atoms with van der Waals surface area (Å²) in [6.07, 6.45) is 0. The van der Waals surface area contributed by atoms with Gasteiger partial charge in [0.25, 0.3) is 5.56 Å². The fourth-order valence-electron chi connectivity index (χ4n) is 2.65. The van der Waals surface area contributed by atoms with Crippen molar-refractivity contribution >= 4 is 32.3 Å². The smallest absolute Gasteiger partial charge is 0.252 e. The van der Waals surface area contributed by atoms with Crippen molar-refractivity contribution in [3.63, 3.8) is 0 Å². The average molecular weight is 362 g/mol. The Morgan fingerprint density at radius 2 is 1.88 bits per heavy atom. The minimum Gasteiger partial charge on any atom is -0.322 e. The van der Waals surface area contributed by atoms with Crippen LogP contribution >= 0.6 is 11.3 Å². The number of pyridine rings is 1. The number of fused-ring (bicyclic) bond motifs is 1. The van der Waals surface area contributed by atoms with Crippen molar-refractivity contribution in [2.75, 3.05) is 0 Å². The molecule has 0 bridgehead atoms. The van der Waals surface area contributed by atoms with E-state index in [1.807, 2.05) is 32.9 Å². The van der Waals surface area contributed by atoms with Crippen molar-refractivity contribution in [3.8, 4) is 0 Å². The third-order valence-corrected chi connectivity index (χ3v) is 6.72. The van der Waals surface area contributed by atoms with Crippen molar-refractivity contribution in [2.45, 2.75) is 31.5 Å². The number of aromatic amines is 1. The van der Waals surface area contributed by atoms with Gasteiger partial charge in [0.15, 0.2) is 0 Å². The Kier molecular flexibility index (Phi) is 4.33. The minimum atomic E-state index is -3.61. The normalized spacial score (nSPS) is 12.0. The van der Waals surface area contributed by atoms with Gasteiger partial charge in [-0.15, -0.1) is 11.3 Å². The number of sulfonamides is 1. The summed E-state index contributed by atoms with van der Waals surface area (Å²) >= 11 is 1.20. The van der Waals surface area contributed by atoms with Gasteiger partial charge in [0.05, 0.1) is 0 Å². The third-order valence-electron chi connectivity index (χ3n) is 3.82. The van der Waals surface area contributed by atoms with E-state index in [-0.39, 0.29) is 16.3 Å². The van der Waals surface area contributed by atoms with Crippen LogP contribution in [0.3, 0.4) is 0 Å². The van der Waals surface area contributed by atoms with Gasteiger partial charge in [-0.25, -0.2) is 13.1 Å². The SMILES string of the molecule is Cc1cc(C)c2cc(CNS(=O)(=O)c3ccc(C)s3)c(=O)[nH]c2c1. The van der Waals surface area contributed by atoms with Gasteiger partial charge in [-0.3, -0.25) is 4.79 Å². The molecule has 0 atom stereocenters. The monoisotopic (exact) mass is 362 g/mol. The molecule has 7 heteroatoms. The molecule has 0 aliphatic heterocycles. The van der Waals surface area contributed by atoms with Gasteiger partial charge in [-0.05, 0) is 56.2 Å². The number of nitrogens with one attached hydrogen (secondary N) is 2. The molecule has 3 rings (SSSR count). The van der Waals surface area contributed by atoms with E-state index in [0.29, 0.717) is 5.56 Å². The van der Waals surface area contributed by atoms with Crippen LogP contribution < -0.4 is 10.3 Å². The summed E-state index contributed by atoms with van der Waals surface area (Å²) in [6.45, 7) is 5.74. The van der Waals surface area contributed by atoms with Gasteiger partial charge in [0.2, 0.25) is 10.0 Å². The summed E-state index contributed by atoms with van der Waals surface area (Å²) in [5, 5.41) is 0.918. The fourth-order valence-corrected chi connectivity index (χ4v) is 4.98. The lowest BCUT2D eigenvalue weighted by Gasteiger charge is -2.08. The lowest BCUT2D eigenvalue weighted by molar-refractivity contribution is 0.583. The zero-order valence-corrected chi connectivity index (χ0v) is 15.3. The topological polar surface area (TPSA) is 79.0 Å². The number of aromatic nitrogens is 1. The number of H-pyrrole nitrogens is 1. The highest BCUT2D eigenvalue weighted by Crippen LogP contribution is 2.21. The van der Waals surface area contributed by atoms with Crippen LogP contribution in [0.25, 0.3) is 10.9 Å². The first-order chi connectivity index (χ1) is 11.3. The molecule has 0 saturated heterocycles. The van der Waals surface area contributed by atoms with E-state index >= 15 is 0 Å². The molecule has 0 aliphatic rings. The summed E-state index contributed by atoms with van der Waals surface area (Å²) in [7, 11) is -3.61. The predicted octanol–water partition coefficient (Wildman–Crippen LogP) is 2.99. The van der Waals surface area contributed by atoms with Crippen LogP contribution in [0.15, 0.2) is 39.3 Å². The highest BCUT2D eigenvalue weighted by molar-refractivity contribution is 7.91. The van der Waals surface area contributed by atoms with Crippen molar-refractivity contribution in [2.24, 2.45) is 0 Å². The summed E-state index contributed by atoms with van der Waals surface area (Å²) in [6, 6.07) is 9.02. The molecule has 0 amide bonds. The second-order valence-corrected chi connectivity index (χ2v) is 9.14. The maximum atomic E-state index is 12.3. The maximum Gasteiger partial charge on any atom is 0.252 e. The summed E-state index contributed by atoms with van der Waals surface area (Å²) in [5.74, 6) is 0. The first-order valence-electron chi connectivity index (χ1n) is 7.45.